The van der Waals surface area contributed by atoms with E-state index in [0.29, 0.717) is 4.83 Å². The second-order valence-electron chi connectivity index (χ2n) is 3.36. The monoisotopic (exact) mass is 224 g/mol. The van der Waals surface area contributed by atoms with Crippen LogP contribution < -0.4 is 0 Å². The summed E-state index contributed by atoms with van der Waals surface area (Å²) < 4.78 is 0. The molecule has 2 aliphatic rings. The van der Waals surface area contributed by atoms with Crippen LogP contribution in [0.1, 0.15) is 25.7 Å². The van der Waals surface area contributed by atoms with Crippen molar-refractivity contribution in [2.45, 2.75) is 30.5 Å². The average molecular weight is 225 g/mol. The first kappa shape index (κ1) is 8.31. The Morgan fingerprint density at radius 1 is 1.33 bits per heavy atom. The lowest BCUT2D eigenvalue weighted by Crippen LogP contribution is -2.03. The van der Waals surface area contributed by atoms with Crippen LogP contribution in [0.15, 0.2) is 35.5 Å². The molecule has 2 aliphatic carbocycles. The molecule has 12 heavy (non-hydrogen) atoms. The fourth-order valence-corrected chi connectivity index (χ4v) is 2.58. The topological polar surface area (TPSA) is 0 Å². The third kappa shape index (κ3) is 1.56. The first-order chi connectivity index (χ1) is 5.88. The van der Waals surface area contributed by atoms with Crippen LogP contribution in [-0.2, 0) is 0 Å². The summed E-state index contributed by atoms with van der Waals surface area (Å²) in [5.41, 5.74) is 2.95. The number of rotatable bonds is 0. The van der Waals surface area contributed by atoms with Gasteiger partial charge in [0, 0.05) is 4.83 Å². The largest absolute Gasteiger partial charge is 0.0839 e. The quantitative estimate of drug-likeness (QED) is 0.551. The lowest BCUT2D eigenvalue weighted by Gasteiger charge is -2.15. The van der Waals surface area contributed by atoms with Crippen molar-refractivity contribution in [1.82, 2.24) is 0 Å². The van der Waals surface area contributed by atoms with Crippen molar-refractivity contribution in [1.29, 1.82) is 0 Å². The van der Waals surface area contributed by atoms with Gasteiger partial charge in [0.25, 0.3) is 0 Å². The lowest BCUT2D eigenvalue weighted by molar-refractivity contribution is 0.781. The molecule has 0 fully saturated rings. The Hall–Kier alpha value is -0.300. The van der Waals surface area contributed by atoms with Gasteiger partial charge in [0.2, 0.25) is 0 Å². The van der Waals surface area contributed by atoms with Crippen LogP contribution in [0.25, 0.3) is 0 Å². The van der Waals surface area contributed by atoms with Gasteiger partial charge in [-0.1, -0.05) is 40.2 Å². The van der Waals surface area contributed by atoms with E-state index in [2.05, 4.69) is 40.2 Å². The second kappa shape index (κ2) is 3.61. The van der Waals surface area contributed by atoms with Crippen LogP contribution in [0.5, 0.6) is 0 Å². The standard InChI is InChI=1S/C11H13Br/c12-11-8-4-2-6-9-5-1-3-7-10(9)11/h1,5-7,11H,2-4,8H2. The molecule has 0 spiro atoms. The predicted molar refractivity (Wildman–Crippen MR) is 56.5 cm³/mol. The zero-order chi connectivity index (χ0) is 8.39. The van der Waals surface area contributed by atoms with Crippen molar-refractivity contribution < 1.29 is 0 Å². The van der Waals surface area contributed by atoms with Gasteiger partial charge in [0.05, 0.1) is 0 Å². The van der Waals surface area contributed by atoms with Crippen molar-refractivity contribution in [3.05, 3.63) is 35.5 Å². The van der Waals surface area contributed by atoms with E-state index in [-0.39, 0.29) is 0 Å². The molecule has 0 aromatic rings. The van der Waals surface area contributed by atoms with Crippen molar-refractivity contribution in [2.24, 2.45) is 0 Å². The maximum Gasteiger partial charge on any atom is 0.0398 e. The highest BCUT2D eigenvalue weighted by atomic mass is 79.9. The zero-order valence-corrected chi connectivity index (χ0v) is 8.68. The number of hydrogen-bond donors (Lipinski definition) is 0. The number of alkyl halides is 1. The maximum absolute atomic E-state index is 3.74. The molecule has 0 nitrogen and oxygen atoms in total. The van der Waals surface area contributed by atoms with E-state index in [4.69, 9.17) is 0 Å². The summed E-state index contributed by atoms with van der Waals surface area (Å²) in [6, 6.07) is 0. The van der Waals surface area contributed by atoms with Gasteiger partial charge >= 0.3 is 0 Å². The van der Waals surface area contributed by atoms with Gasteiger partial charge in [-0.25, -0.2) is 0 Å². The molecule has 1 atom stereocenters. The lowest BCUT2D eigenvalue weighted by atomic mass is 9.97. The molecule has 64 valence electrons. The Kier molecular flexibility index (Phi) is 2.50. The molecular formula is C11H13Br. The van der Waals surface area contributed by atoms with Crippen LogP contribution in [0.3, 0.4) is 0 Å². The number of fused-ring (bicyclic) bond motifs is 1. The Balaban J connectivity index is 2.30. The summed E-state index contributed by atoms with van der Waals surface area (Å²) in [6.07, 6.45) is 14.1. The fourth-order valence-electron chi connectivity index (χ4n) is 1.81. The van der Waals surface area contributed by atoms with E-state index in [9.17, 15) is 0 Å². The van der Waals surface area contributed by atoms with Gasteiger partial charge < -0.3 is 0 Å². The van der Waals surface area contributed by atoms with Crippen molar-refractivity contribution in [3.8, 4) is 0 Å². The molecule has 2 rings (SSSR count). The second-order valence-corrected chi connectivity index (χ2v) is 4.46. The highest BCUT2D eigenvalue weighted by molar-refractivity contribution is 9.09. The first-order valence-electron chi connectivity index (χ1n) is 4.59. The molecular weight excluding hydrogens is 212 g/mol. The van der Waals surface area contributed by atoms with E-state index < -0.39 is 0 Å². The van der Waals surface area contributed by atoms with Crippen LogP contribution in [0.2, 0.25) is 0 Å². The number of hydrogen-bond acceptors (Lipinski definition) is 0. The van der Waals surface area contributed by atoms with Gasteiger partial charge in [-0.2, -0.15) is 0 Å². The molecule has 0 saturated heterocycles. The Bertz CT molecular complexity index is 258. The molecule has 1 heteroatoms. The SMILES string of the molecule is BrC1CCCC=C2C=CCC=C21. The normalized spacial score (nSPS) is 28.6. The van der Waals surface area contributed by atoms with Gasteiger partial charge in [-0.05, 0) is 36.8 Å². The van der Waals surface area contributed by atoms with Gasteiger partial charge in [-0.3, -0.25) is 0 Å². The molecule has 1 unspecified atom stereocenters. The van der Waals surface area contributed by atoms with Crippen molar-refractivity contribution in [2.75, 3.05) is 0 Å². The average Bonchev–Trinajstić information content (AvgIpc) is 2.29. The van der Waals surface area contributed by atoms with Gasteiger partial charge in [0.1, 0.15) is 0 Å². The molecule has 0 radical (unpaired) electrons. The van der Waals surface area contributed by atoms with Crippen LogP contribution in [-0.4, -0.2) is 4.83 Å². The van der Waals surface area contributed by atoms with Gasteiger partial charge in [-0.15, -0.1) is 0 Å². The maximum atomic E-state index is 3.74. The molecule has 0 amide bonds. The summed E-state index contributed by atoms with van der Waals surface area (Å²) in [5.74, 6) is 0. The van der Waals surface area contributed by atoms with E-state index in [1.165, 1.54) is 30.4 Å². The number of allylic oxidation sites excluding steroid dienone is 6. The van der Waals surface area contributed by atoms with E-state index in [1.807, 2.05) is 0 Å². The minimum Gasteiger partial charge on any atom is -0.0839 e. The van der Waals surface area contributed by atoms with E-state index >= 15 is 0 Å². The summed E-state index contributed by atoms with van der Waals surface area (Å²) in [7, 11) is 0. The summed E-state index contributed by atoms with van der Waals surface area (Å²) in [5, 5.41) is 0. The minimum atomic E-state index is 0.594. The molecule has 0 aromatic carbocycles. The predicted octanol–water partition coefficient (Wildman–Crippen LogP) is 3.75. The van der Waals surface area contributed by atoms with Crippen LogP contribution >= 0.6 is 15.9 Å². The summed E-state index contributed by atoms with van der Waals surface area (Å²) in [4.78, 5) is 0.594. The highest BCUT2D eigenvalue weighted by Gasteiger charge is 2.16. The van der Waals surface area contributed by atoms with Crippen LogP contribution in [0.4, 0.5) is 0 Å². The Morgan fingerprint density at radius 2 is 2.25 bits per heavy atom. The molecule has 0 N–H and O–H groups in total. The van der Waals surface area contributed by atoms with E-state index in [1.54, 1.807) is 0 Å². The minimum absolute atomic E-state index is 0.594. The third-order valence-corrected chi connectivity index (χ3v) is 3.42. The van der Waals surface area contributed by atoms with Crippen molar-refractivity contribution in [3.63, 3.8) is 0 Å². The number of halogens is 1. The Morgan fingerprint density at radius 3 is 3.17 bits per heavy atom. The van der Waals surface area contributed by atoms with E-state index in [0.717, 1.165) is 6.42 Å². The summed E-state index contributed by atoms with van der Waals surface area (Å²) >= 11 is 3.74. The van der Waals surface area contributed by atoms with Gasteiger partial charge in [0.15, 0.2) is 0 Å². The highest BCUT2D eigenvalue weighted by Crippen LogP contribution is 2.32. The van der Waals surface area contributed by atoms with Crippen LogP contribution in [0, 0.1) is 0 Å². The molecule has 0 bridgehead atoms. The first-order valence-corrected chi connectivity index (χ1v) is 5.50. The summed E-state index contributed by atoms with van der Waals surface area (Å²) in [6.45, 7) is 0. The fraction of sp³-hybridized carbons (Fsp3) is 0.455. The molecule has 0 heterocycles. The third-order valence-electron chi connectivity index (χ3n) is 2.47. The molecule has 0 saturated carbocycles. The molecule has 0 aromatic heterocycles. The Labute approximate surface area is 82.2 Å². The molecule has 0 aliphatic heterocycles. The smallest absolute Gasteiger partial charge is 0.0398 e. The van der Waals surface area contributed by atoms with Crippen molar-refractivity contribution >= 4 is 15.9 Å². The zero-order valence-electron chi connectivity index (χ0n) is 7.09.